The fourth-order valence-corrected chi connectivity index (χ4v) is 3.25. The average molecular weight is 354 g/mol. The summed E-state index contributed by atoms with van der Waals surface area (Å²) < 4.78 is 4.88. The SMILES string of the molecule is Cc1cc(NC(=O)CSc2nc(N)c(C#N)c(C3CC3)c2C#N)no1. The van der Waals surface area contributed by atoms with Crippen molar-refractivity contribution in [2.75, 3.05) is 16.8 Å². The lowest BCUT2D eigenvalue weighted by molar-refractivity contribution is -0.113. The van der Waals surface area contributed by atoms with Gasteiger partial charge in [0.1, 0.15) is 28.7 Å². The number of aromatic nitrogens is 2. The fraction of sp³-hybridized carbons (Fsp3) is 0.312. The Bertz CT molecular complexity index is 920. The van der Waals surface area contributed by atoms with Gasteiger partial charge in [-0.1, -0.05) is 16.9 Å². The van der Waals surface area contributed by atoms with Crippen LogP contribution in [0.15, 0.2) is 15.6 Å². The highest BCUT2D eigenvalue weighted by molar-refractivity contribution is 8.00. The largest absolute Gasteiger partial charge is 0.383 e. The highest BCUT2D eigenvalue weighted by atomic mass is 32.2. The Hall–Kier alpha value is -3.04. The minimum absolute atomic E-state index is 0.0308. The van der Waals surface area contributed by atoms with Crippen LogP contribution >= 0.6 is 11.8 Å². The highest BCUT2D eigenvalue weighted by Crippen LogP contribution is 2.45. The maximum atomic E-state index is 12.0. The van der Waals surface area contributed by atoms with Gasteiger partial charge in [-0.25, -0.2) is 4.98 Å². The lowest BCUT2D eigenvalue weighted by atomic mass is 10.0. The summed E-state index contributed by atoms with van der Waals surface area (Å²) in [4.78, 5) is 16.2. The first-order chi connectivity index (χ1) is 12.0. The maximum Gasteiger partial charge on any atom is 0.236 e. The Morgan fingerprint density at radius 2 is 2.16 bits per heavy atom. The van der Waals surface area contributed by atoms with Crippen LogP contribution in [-0.2, 0) is 4.79 Å². The number of hydrogen-bond donors (Lipinski definition) is 2. The number of nitrogens with zero attached hydrogens (tertiary/aromatic N) is 4. The molecule has 1 amide bonds. The van der Waals surface area contributed by atoms with E-state index in [1.54, 1.807) is 13.0 Å². The van der Waals surface area contributed by atoms with E-state index >= 15 is 0 Å². The molecule has 126 valence electrons. The Morgan fingerprint density at radius 1 is 1.44 bits per heavy atom. The molecule has 0 radical (unpaired) electrons. The molecule has 1 fully saturated rings. The van der Waals surface area contributed by atoms with Gasteiger partial charge < -0.3 is 15.6 Å². The number of carbonyl (C=O) groups is 1. The number of nitrogens with one attached hydrogen (secondary N) is 1. The molecule has 0 aliphatic heterocycles. The Balaban J connectivity index is 1.79. The molecule has 0 unspecified atom stereocenters. The minimum atomic E-state index is -0.306. The smallest absolute Gasteiger partial charge is 0.236 e. The molecular weight excluding hydrogens is 340 g/mol. The number of amides is 1. The number of nitrogen functional groups attached to an aromatic ring is 1. The van der Waals surface area contributed by atoms with Crippen LogP contribution < -0.4 is 11.1 Å². The summed E-state index contributed by atoms with van der Waals surface area (Å²) in [7, 11) is 0. The third-order valence-corrected chi connectivity index (χ3v) is 4.65. The second kappa shape index (κ2) is 6.83. The van der Waals surface area contributed by atoms with Crippen LogP contribution in [0.2, 0.25) is 0 Å². The van der Waals surface area contributed by atoms with Crippen molar-refractivity contribution in [3.05, 3.63) is 28.5 Å². The van der Waals surface area contributed by atoms with E-state index in [0.29, 0.717) is 27.7 Å². The van der Waals surface area contributed by atoms with Crippen molar-refractivity contribution in [1.29, 1.82) is 10.5 Å². The number of carbonyl (C=O) groups excluding carboxylic acids is 1. The van der Waals surface area contributed by atoms with E-state index in [2.05, 4.69) is 21.5 Å². The summed E-state index contributed by atoms with van der Waals surface area (Å²) in [5.41, 5.74) is 7.14. The lowest BCUT2D eigenvalue weighted by Crippen LogP contribution is -2.15. The molecule has 8 nitrogen and oxygen atoms in total. The van der Waals surface area contributed by atoms with Gasteiger partial charge in [0.2, 0.25) is 5.91 Å². The number of nitriles is 2. The molecule has 0 saturated heterocycles. The summed E-state index contributed by atoms with van der Waals surface area (Å²) in [5.74, 6) is 0.905. The number of hydrogen-bond acceptors (Lipinski definition) is 8. The van der Waals surface area contributed by atoms with Crippen molar-refractivity contribution in [2.24, 2.45) is 0 Å². The van der Waals surface area contributed by atoms with E-state index in [-0.39, 0.29) is 29.0 Å². The van der Waals surface area contributed by atoms with Gasteiger partial charge in [-0.05, 0) is 31.2 Å². The molecule has 25 heavy (non-hydrogen) atoms. The summed E-state index contributed by atoms with van der Waals surface area (Å²) in [6.45, 7) is 1.72. The van der Waals surface area contributed by atoms with E-state index in [9.17, 15) is 15.3 Å². The normalized spacial score (nSPS) is 13.1. The molecule has 1 aliphatic carbocycles. The fourth-order valence-electron chi connectivity index (χ4n) is 2.45. The van der Waals surface area contributed by atoms with E-state index in [1.807, 2.05) is 6.07 Å². The molecule has 2 aromatic rings. The number of pyridine rings is 1. The molecule has 1 aliphatic rings. The van der Waals surface area contributed by atoms with Crippen LogP contribution in [0.25, 0.3) is 0 Å². The van der Waals surface area contributed by atoms with Crippen LogP contribution in [0.4, 0.5) is 11.6 Å². The van der Waals surface area contributed by atoms with Gasteiger partial charge in [-0.3, -0.25) is 4.79 Å². The van der Waals surface area contributed by atoms with E-state index < -0.39 is 0 Å². The maximum absolute atomic E-state index is 12.0. The van der Waals surface area contributed by atoms with Crippen LogP contribution in [0.1, 0.15) is 41.2 Å². The molecule has 0 bridgehead atoms. The third kappa shape index (κ3) is 3.57. The van der Waals surface area contributed by atoms with Crippen LogP contribution in [-0.4, -0.2) is 21.8 Å². The standard InChI is InChI=1S/C16H14N6O2S/c1-8-4-12(22-24-8)20-13(23)7-25-16-11(6-18)14(9-2-3-9)10(5-17)15(19)21-16/h4,9H,2-3,7H2,1H3,(H2,19,21)(H,20,22,23). The molecule has 0 spiro atoms. The van der Waals surface area contributed by atoms with Gasteiger partial charge in [0.15, 0.2) is 5.82 Å². The molecule has 2 heterocycles. The van der Waals surface area contributed by atoms with Crippen LogP contribution in [0.3, 0.4) is 0 Å². The number of rotatable bonds is 5. The zero-order valence-electron chi connectivity index (χ0n) is 13.4. The predicted octanol–water partition coefficient (Wildman–Crippen LogP) is 2.31. The predicted molar refractivity (Wildman–Crippen MR) is 90.6 cm³/mol. The molecule has 1 saturated carbocycles. The number of thioether (sulfide) groups is 1. The average Bonchev–Trinajstić information content (AvgIpc) is 3.35. The van der Waals surface area contributed by atoms with Crippen molar-refractivity contribution < 1.29 is 9.32 Å². The van der Waals surface area contributed by atoms with Crippen LogP contribution in [0, 0.1) is 29.6 Å². The van der Waals surface area contributed by atoms with E-state index in [0.717, 1.165) is 24.6 Å². The first kappa shape index (κ1) is 16.8. The number of anilines is 2. The molecule has 3 rings (SSSR count). The van der Waals surface area contributed by atoms with Gasteiger partial charge >= 0.3 is 0 Å². The van der Waals surface area contributed by atoms with Crippen molar-refractivity contribution in [1.82, 2.24) is 10.1 Å². The third-order valence-electron chi connectivity index (χ3n) is 3.68. The molecular formula is C16H14N6O2S. The van der Waals surface area contributed by atoms with Gasteiger partial charge in [-0.2, -0.15) is 10.5 Å². The topological polar surface area (TPSA) is 142 Å². The quantitative estimate of drug-likeness (QED) is 0.779. The zero-order valence-corrected chi connectivity index (χ0v) is 14.2. The van der Waals surface area contributed by atoms with Crippen molar-refractivity contribution in [3.63, 3.8) is 0 Å². The summed E-state index contributed by atoms with van der Waals surface area (Å²) in [6, 6.07) is 5.76. The number of aryl methyl sites for hydroxylation is 1. The molecule has 9 heteroatoms. The van der Waals surface area contributed by atoms with Gasteiger partial charge in [0.25, 0.3) is 0 Å². The Morgan fingerprint density at radius 3 is 2.72 bits per heavy atom. The molecule has 2 aromatic heterocycles. The molecule has 0 atom stereocenters. The summed E-state index contributed by atoms with van der Waals surface area (Å²) in [6.07, 6.45) is 1.84. The molecule has 3 N–H and O–H groups in total. The summed E-state index contributed by atoms with van der Waals surface area (Å²) in [5, 5.41) is 25.5. The van der Waals surface area contributed by atoms with Crippen molar-refractivity contribution >= 4 is 29.3 Å². The Kier molecular flexibility index (Phi) is 4.59. The summed E-state index contributed by atoms with van der Waals surface area (Å²) >= 11 is 1.11. The van der Waals surface area contributed by atoms with E-state index in [4.69, 9.17) is 10.3 Å². The van der Waals surface area contributed by atoms with Crippen molar-refractivity contribution in [2.45, 2.75) is 30.7 Å². The van der Waals surface area contributed by atoms with E-state index in [1.165, 1.54) is 0 Å². The van der Waals surface area contributed by atoms with Crippen LogP contribution in [0.5, 0.6) is 0 Å². The van der Waals surface area contributed by atoms with Gasteiger partial charge in [-0.15, -0.1) is 0 Å². The van der Waals surface area contributed by atoms with Gasteiger partial charge in [0.05, 0.1) is 16.9 Å². The van der Waals surface area contributed by atoms with Crippen molar-refractivity contribution in [3.8, 4) is 12.1 Å². The second-order valence-corrected chi connectivity index (χ2v) is 6.59. The first-order valence-electron chi connectivity index (χ1n) is 7.53. The monoisotopic (exact) mass is 354 g/mol. The minimum Gasteiger partial charge on any atom is -0.383 e. The lowest BCUT2D eigenvalue weighted by Gasteiger charge is -2.11. The highest BCUT2D eigenvalue weighted by Gasteiger charge is 2.32. The zero-order chi connectivity index (χ0) is 18.0. The number of nitrogens with two attached hydrogens (primary N) is 1. The first-order valence-corrected chi connectivity index (χ1v) is 8.51. The molecule has 0 aromatic carbocycles. The Labute approximate surface area is 148 Å². The van der Waals surface area contributed by atoms with Gasteiger partial charge in [0, 0.05) is 6.07 Å². The second-order valence-electron chi connectivity index (χ2n) is 5.62.